The van der Waals surface area contributed by atoms with E-state index < -0.39 is 5.82 Å². The summed E-state index contributed by atoms with van der Waals surface area (Å²) < 4.78 is 20.2. The van der Waals surface area contributed by atoms with Crippen molar-refractivity contribution in [2.75, 3.05) is 53.3 Å². The fraction of sp³-hybridized carbons (Fsp3) is 0.293. The van der Waals surface area contributed by atoms with E-state index >= 15 is 0 Å². The van der Waals surface area contributed by atoms with Gasteiger partial charge in [-0.15, -0.1) is 11.3 Å². The van der Waals surface area contributed by atoms with E-state index in [1.165, 1.54) is 23.8 Å². The number of fused-ring (bicyclic) bond motifs is 3. The van der Waals surface area contributed by atoms with Gasteiger partial charge in [0.25, 0.3) is 11.8 Å². The minimum atomic E-state index is -0.464. The van der Waals surface area contributed by atoms with Gasteiger partial charge in [-0.25, -0.2) is 9.37 Å². The Hall–Kier alpha value is -5.06. The predicted octanol–water partition coefficient (Wildman–Crippen LogP) is 8.25. The molecule has 5 aromatic rings. The Morgan fingerprint density at radius 3 is 2.63 bits per heavy atom. The van der Waals surface area contributed by atoms with E-state index in [9.17, 15) is 14.0 Å². The Morgan fingerprint density at radius 2 is 1.84 bits per heavy atom. The van der Waals surface area contributed by atoms with Crippen LogP contribution in [0.25, 0.3) is 10.4 Å². The van der Waals surface area contributed by atoms with Gasteiger partial charge >= 0.3 is 0 Å². The first-order valence-corrected chi connectivity index (χ1v) is 18.3. The number of aromatic nitrogens is 1. The highest BCUT2D eigenvalue weighted by atomic mass is 32.1. The number of anilines is 4. The third-order valence-electron chi connectivity index (χ3n) is 10.2. The number of halogens is 1. The number of para-hydroxylation sites is 2. The molecule has 2 N–H and O–H groups in total. The van der Waals surface area contributed by atoms with Crippen LogP contribution in [0.5, 0.6) is 0 Å². The van der Waals surface area contributed by atoms with Gasteiger partial charge in [0.05, 0.1) is 28.5 Å². The highest BCUT2D eigenvalue weighted by Crippen LogP contribution is 2.43. The fourth-order valence-electron chi connectivity index (χ4n) is 7.52. The Morgan fingerprint density at radius 1 is 1.02 bits per heavy atom. The normalized spacial score (nSPS) is 16.1. The van der Waals surface area contributed by atoms with E-state index in [-0.39, 0.29) is 22.9 Å². The maximum Gasteiger partial charge on any atom is 0.265 e. The number of hydrogen-bond donors (Lipinski definition) is 2. The number of amides is 2. The third kappa shape index (κ3) is 6.50. The molecule has 260 valence electrons. The average molecular weight is 702 g/mol. The predicted molar refractivity (Wildman–Crippen MR) is 202 cm³/mol. The maximum absolute atomic E-state index is 14.5. The van der Waals surface area contributed by atoms with Gasteiger partial charge in [-0.3, -0.25) is 9.59 Å². The van der Waals surface area contributed by atoms with Gasteiger partial charge in [-0.05, 0) is 91.8 Å². The zero-order valence-corrected chi connectivity index (χ0v) is 29.6. The lowest BCUT2D eigenvalue weighted by Gasteiger charge is -2.52. The van der Waals surface area contributed by atoms with Gasteiger partial charge in [0, 0.05) is 60.4 Å². The number of carbonyl (C=O) groups excluding carboxylic acids is 2. The SMILES string of the molecule is Cc1cnc(N2CC3(CCCOC3)C2)c(NCc2ccc(C(=O)N3CCc4cc(C(=O)Nc5c(C)cccc5F)sc4-c4ccccc43)cc2)c1. The molecule has 0 unspecified atom stereocenters. The molecule has 51 heavy (non-hydrogen) atoms. The molecular weight excluding hydrogens is 662 g/mol. The molecule has 3 aliphatic heterocycles. The van der Waals surface area contributed by atoms with E-state index in [0.717, 1.165) is 77.0 Å². The van der Waals surface area contributed by atoms with Crippen LogP contribution in [0.4, 0.5) is 27.3 Å². The molecule has 3 aromatic carbocycles. The number of pyridine rings is 1. The first-order chi connectivity index (χ1) is 24.8. The molecule has 0 bridgehead atoms. The summed E-state index contributed by atoms with van der Waals surface area (Å²) in [6, 6.07) is 24.4. The molecule has 8 rings (SSSR count). The van der Waals surface area contributed by atoms with Crippen molar-refractivity contribution in [2.24, 2.45) is 5.41 Å². The van der Waals surface area contributed by atoms with Crippen molar-refractivity contribution in [1.29, 1.82) is 0 Å². The molecule has 0 radical (unpaired) electrons. The van der Waals surface area contributed by atoms with Gasteiger partial charge in [0.2, 0.25) is 0 Å². The van der Waals surface area contributed by atoms with Crippen LogP contribution in [0.1, 0.15) is 55.1 Å². The van der Waals surface area contributed by atoms with Gasteiger partial charge in [0.15, 0.2) is 5.82 Å². The zero-order valence-electron chi connectivity index (χ0n) is 28.8. The fourth-order valence-corrected chi connectivity index (χ4v) is 8.66. The van der Waals surface area contributed by atoms with Crippen LogP contribution >= 0.6 is 11.3 Å². The number of rotatable bonds is 7. The monoisotopic (exact) mass is 701 g/mol. The molecule has 2 aromatic heterocycles. The van der Waals surface area contributed by atoms with E-state index in [2.05, 4.69) is 28.5 Å². The Kier molecular flexibility index (Phi) is 8.81. The van der Waals surface area contributed by atoms with Crippen molar-refractivity contribution >= 4 is 46.0 Å². The van der Waals surface area contributed by atoms with Gasteiger partial charge in [-0.1, -0.05) is 42.5 Å². The van der Waals surface area contributed by atoms with Gasteiger partial charge in [-0.2, -0.15) is 0 Å². The summed E-state index contributed by atoms with van der Waals surface area (Å²) in [5, 5.41) is 6.37. The second kappa shape index (κ2) is 13.6. The minimum Gasteiger partial charge on any atom is -0.381 e. The Balaban J connectivity index is 0.959. The molecule has 2 saturated heterocycles. The number of ether oxygens (including phenoxy) is 1. The van der Waals surface area contributed by atoms with Crippen LogP contribution < -0.4 is 20.4 Å². The largest absolute Gasteiger partial charge is 0.381 e. The number of hydrogen-bond acceptors (Lipinski definition) is 7. The summed E-state index contributed by atoms with van der Waals surface area (Å²) in [5.41, 5.74) is 7.59. The number of aryl methyl sites for hydroxylation is 2. The van der Waals surface area contributed by atoms with Crippen LogP contribution in [-0.4, -0.2) is 49.6 Å². The van der Waals surface area contributed by atoms with Crippen LogP contribution in [-0.2, 0) is 17.7 Å². The summed E-state index contributed by atoms with van der Waals surface area (Å²) in [7, 11) is 0. The second-order valence-corrected chi connectivity index (χ2v) is 15.1. The third-order valence-corrected chi connectivity index (χ3v) is 11.4. The maximum atomic E-state index is 14.5. The smallest absolute Gasteiger partial charge is 0.265 e. The Labute approximate surface area is 301 Å². The quantitative estimate of drug-likeness (QED) is 0.178. The Bertz CT molecular complexity index is 2100. The molecule has 0 atom stereocenters. The van der Waals surface area contributed by atoms with Gasteiger partial charge < -0.3 is 25.2 Å². The first-order valence-electron chi connectivity index (χ1n) is 17.5. The van der Waals surface area contributed by atoms with E-state index in [4.69, 9.17) is 9.72 Å². The molecular formula is C41H40FN5O3S. The number of nitrogens with zero attached hydrogens (tertiary/aromatic N) is 3. The average Bonchev–Trinajstić information content (AvgIpc) is 3.50. The van der Waals surface area contributed by atoms with E-state index in [1.807, 2.05) is 65.7 Å². The lowest BCUT2D eigenvalue weighted by Crippen LogP contribution is -2.60. The standard InChI is InChI=1S/C41H40FN5O3S/c1-26-19-33(38(44-21-26)46-23-41(24-46)16-6-18-50-25-41)43-22-28-11-13-29(14-12-28)40(49)47-17-15-30-20-35(51-37(30)31-8-3-4-10-34(31)47)39(48)45-36-27(2)7-5-9-32(36)42/h3-5,7-14,19-21,43H,6,15-18,22-25H2,1-2H3,(H,45,48). The molecule has 0 saturated carbocycles. The lowest BCUT2D eigenvalue weighted by molar-refractivity contribution is -0.0236. The van der Waals surface area contributed by atoms with Crippen LogP contribution in [0.3, 0.4) is 0 Å². The highest BCUT2D eigenvalue weighted by molar-refractivity contribution is 7.17. The first kappa shape index (κ1) is 33.1. The summed E-state index contributed by atoms with van der Waals surface area (Å²) >= 11 is 1.37. The number of nitrogens with one attached hydrogen (secondary N) is 2. The summed E-state index contributed by atoms with van der Waals surface area (Å²) in [4.78, 5) is 37.7. The van der Waals surface area contributed by atoms with Gasteiger partial charge in [0.1, 0.15) is 5.82 Å². The zero-order chi connectivity index (χ0) is 35.1. The van der Waals surface area contributed by atoms with E-state index in [0.29, 0.717) is 35.5 Å². The molecule has 2 amide bonds. The number of benzene rings is 3. The molecule has 0 aliphatic carbocycles. The topological polar surface area (TPSA) is 86.8 Å². The molecule has 8 nitrogen and oxygen atoms in total. The van der Waals surface area contributed by atoms with Crippen molar-refractivity contribution in [3.63, 3.8) is 0 Å². The van der Waals surface area contributed by atoms with Crippen molar-refractivity contribution in [1.82, 2.24) is 4.98 Å². The summed E-state index contributed by atoms with van der Waals surface area (Å²) in [6.45, 7) is 8.52. The molecule has 1 spiro atoms. The van der Waals surface area contributed by atoms with Crippen molar-refractivity contribution in [3.05, 3.63) is 124 Å². The van der Waals surface area contributed by atoms with Crippen molar-refractivity contribution < 1.29 is 18.7 Å². The number of carbonyl (C=O) groups is 2. The lowest BCUT2D eigenvalue weighted by atomic mass is 9.75. The minimum absolute atomic E-state index is 0.0753. The van der Waals surface area contributed by atoms with Crippen molar-refractivity contribution in [3.8, 4) is 10.4 Å². The highest BCUT2D eigenvalue weighted by Gasteiger charge is 2.45. The van der Waals surface area contributed by atoms with E-state index in [1.54, 1.807) is 19.1 Å². The molecule has 5 heterocycles. The molecule has 2 fully saturated rings. The summed E-state index contributed by atoms with van der Waals surface area (Å²) in [6.07, 6.45) is 4.84. The molecule has 10 heteroatoms. The van der Waals surface area contributed by atoms with Crippen LogP contribution in [0.2, 0.25) is 0 Å². The second-order valence-electron chi connectivity index (χ2n) is 14.0. The number of thiophene rings is 1. The van der Waals surface area contributed by atoms with Crippen LogP contribution in [0.15, 0.2) is 85.1 Å². The van der Waals surface area contributed by atoms with Crippen molar-refractivity contribution in [2.45, 2.75) is 39.7 Å². The summed E-state index contributed by atoms with van der Waals surface area (Å²) in [5.74, 6) is 0.0896. The molecule has 3 aliphatic rings. The van der Waals surface area contributed by atoms with Crippen LogP contribution in [0, 0.1) is 25.1 Å².